The molecular formula is C12H12BrNO2. The molecule has 0 amide bonds. The van der Waals surface area contributed by atoms with Crippen molar-refractivity contribution in [2.75, 3.05) is 0 Å². The summed E-state index contributed by atoms with van der Waals surface area (Å²) >= 11 is 3.50. The van der Waals surface area contributed by atoms with Gasteiger partial charge in [0.15, 0.2) is 0 Å². The highest BCUT2D eigenvalue weighted by molar-refractivity contribution is 9.10. The van der Waals surface area contributed by atoms with Gasteiger partial charge >= 0.3 is 5.97 Å². The van der Waals surface area contributed by atoms with Crippen molar-refractivity contribution in [3.05, 3.63) is 34.4 Å². The van der Waals surface area contributed by atoms with Crippen LogP contribution in [0.1, 0.15) is 12.6 Å². The molecule has 1 heterocycles. The van der Waals surface area contributed by atoms with Crippen LogP contribution in [0.25, 0.3) is 10.9 Å². The van der Waals surface area contributed by atoms with E-state index in [0.29, 0.717) is 0 Å². The molecular weight excluding hydrogens is 270 g/mol. The van der Waals surface area contributed by atoms with Crippen molar-refractivity contribution in [1.82, 2.24) is 4.57 Å². The molecule has 4 heteroatoms. The number of aliphatic carboxylic acids is 1. The van der Waals surface area contributed by atoms with Crippen molar-refractivity contribution >= 4 is 32.8 Å². The second kappa shape index (κ2) is 4.29. The van der Waals surface area contributed by atoms with E-state index in [4.69, 9.17) is 5.11 Å². The van der Waals surface area contributed by atoms with Crippen LogP contribution >= 0.6 is 15.9 Å². The van der Waals surface area contributed by atoms with Gasteiger partial charge in [0.1, 0.15) is 0 Å². The van der Waals surface area contributed by atoms with E-state index in [1.54, 1.807) is 0 Å². The van der Waals surface area contributed by atoms with E-state index in [9.17, 15) is 4.79 Å². The molecule has 0 bridgehead atoms. The van der Waals surface area contributed by atoms with Gasteiger partial charge in [0.2, 0.25) is 0 Å². The maximum absolute atomic E-state index is 10.8. The van der Waals surface area contributed by atoms with Crippen molar-refractivity contribution in [2.24, 2.45) is 0 Å². The van der Waals surface area contributed by atoms with E-state index in [1.807, 2.05) is 35.8 Å². The van der Waals surface area contributed by atoms with Crippen molar-refractivity contribution in [3.8, 4) is 0 Å². The van der Waals surface area contributed by atoms with Crippen molar-refractivity contribution in [2.45, 2.75) is 19.9 Å². The second-order valence-electron chi connectivity index (χ2n) is 3.63. The van der Waals surface area contributed by atoms with Crippen LogP contribution in [0.3, 0.4) is 0 Å². The largest absolute Gasteiger partial charge is 0.481 e. The number of hydrogen-bond donors (Lipinski definition) is 1. The lowest BCUT2D eigenvalue weighted by Crippen LogP contribution is -2.07. The summed E-state index contributed by atoms with van der Waals surface area (Å²) in [6.07, 6.45) is 0.0644. The number of para-hydroxylation sites is 1. The van der Waals surface area contributed by atoms with Gasteiger partial charge < -0.3 is 9.67 Å². The molecule has 0 atom stereocenters. The van der Waals surface area contributed by atoms with Gasteiger partial charge in [0.25, 0.3) is 0 Å². The first-order chi connectivity index (χ1) is 7.63. The van der Waals surface area contributed by atoms with E-state index in [1.165, 1.54) is 0 Å². The average molecular weight is 282 g/mol. The molecule has 1 N–H and O–H groups in total. The summed E-state index contributed by atoms with van der Waals surface area (Å²) in [6.45, 7) is 2.79. The maximum Gasteiger partial charge on any atom is 0.309 e. The van der Waals surface area contributed by atoms with Crippen LogP contribution in [0.4, 0.5) is 0 Å². The third-order valence-electron chi connectivity index (χ3n) is 2.61. The lowest BCUT2D eigenvalue weighted by Gasteiger charge is -2.06. The Labute approximate surface area is 102 Å². The molecule has 0 saturated carbocycles. The lowest BCUT2D eigenvalue weighted by molar-refractivity contribution is -0.136. The zero-order chi connectivity index (χ0) is 11.7. The van der Waals surface area contributed by atoms with Gasteiger partial charge in [-0.1, -0.05) is 12.1 Å². The van der Waals surface area contributed by atoms with Crippen LogP contribution in [0.2, 0.25) is 0 Å². The fourth-order valence-corrected chi connectivity index (χ4v) is 2.59. The third-order valence-corrected chi connectivity index (χ3v) is 3.25. The number of benzene rings is 1. The summed E-state index contributed by atoms with van der Waals surface area (Å²) in [4.78, 5) is 10.8. The number of fused-ring (bicyclic) bond motifs is 1. The van der Waals surface area contributed by atoms with E-state index >= 15 is 0 Å². The summed E-state index contributed by atoms with van der Waals surface area (Å²) in [5.74, 6) is -0.798. The zero-order valence-electron chi connectivity index (χ0n) is 8.90. The molecule has 3 nitrogen and oxygen atoms in total. The predicted molar refractivity (Wildman–Crippen MR) is 66.7 cm³/mol. The molecule has 2 aromatic rings. The number of carboxylic acids is 1. The van der Waals surface area contributed by atoms with E-state index in [0.717, 1.165) is 27.6 Å². The molecule has 0 aliphatic rings. The molecule has 84 valence electrons. The highest BCUT2D eigenvalue weighted by Gasteiger charge is 2.12. The van der Waals surface area contributed by atoms with E-state index in [2.05, 4.69) is 15.9 Å². The number of rotatable bonds is 3. The van der Waals surface area contributed by atoms with Gasteiger partial charge in [-0.05, 0) is 35.0 Å². The fraction of sp³-hybridized carbons (Fsp3) is 0.250. The molecule has 1 aromatic heterocycles. The summed E-state index contributed by atoms with van der Waals surface area (Å²) in [7, 11) is 0. The standard InChI is InChI=1S/C12H12BrNO2/c1-2-14-9(7-11(15)16)6-8-4-3-5-10(13)12(8)14/h3-6H,2,7H2,1H3,(H,15,16). The first-order valence-corrected chi connectivity index (χ1v) is 5.91. The van der Waals surface area contributed by atoms with Gasteiger partial charge in [-0.15, -0.1) is 0 Å². The van der Waals surface area contributed by atoms with E-state index in [-0.39, 0.29) is 6.42 Å². The number of nitrogens with zero attached hydrogens (tertiary/aromatic N) is 1. The van der Waals surface area contributed by atoms with Crippen LogP contribution < -0.4 is 0 Å². The highest BCUT2D eigenvalue weighted by atomic mass is 79.9. The van der Waals surface area contributed by atoms with Crippen LogP contribution in [0.15, 0.2) is 28.7 Å². The van der Waals surface area contributed by atoms with Gasteiger partial charge in [-0.2, -0.15) is 0 Å². The SMILES string of the molecule is CCn1c(CC(=O)O)cc2cccc(Br)c21. The lowest BCUT2D eigenvalue weighted by atomic mass is 10.2. The Kier molecular flexibility index (Phi) is 3.01. The molecule has 0 unspecified atom stereocenters. The number of halogens is 1. The quantitative estimate of drug-likeness (QED) is 0.940. The Morgan fingerprint density at radius 3 is 2.88 bits per heavy atom. The number of carboxylic acid groups (broad SMARTS) is 1. The van der Waals surface area contributed by atoms with Crippen LogP contribution in [0, 0.1) is 0 Å². The van der Waals surface area contributed by atoms with Crippen molar-refractivity contribution < 1.29 is 9.90 Å². The summed E-state index contributed by atoms with van der Waals surface area (Å²) in [6, 6.07) is 7.87. The summed E-state index contributed by atoms with van der Waals surface area (Å²) < 4.78 is 3.04. The molecule has 1 aromatic carbocycles. The molecule has 0 aliphatic carbocycles. The van der Waals surface area contributed by atoms with Crippen LogP contribution in [-0.4, -0.2) is 15.6 Å². The molecule has 0 aliphatic heterocycles. The monoisotopic (exact) mass is 281 g/mol. The second-order valence-corrected chi connectivity index (χ2v) is 4.48. The average Bonchev–Trinajstić information content (AvgIpc) is 2.55. The topological polar surface area (TPSA) is 42.2 Å². The van der Waals surface area contributed by atoms with Crippen molar-refractivity contribution in [3.63, 3.8) is 0 Å². The molecule has 0 radical (unpaired) electrons. The number of aromatic nitrogens is 1. The summed E-state index contributed by atoms with van der Waals surface area (Å²) in [5, 5.41) is 9.93. The zero-order valence-corrected chi connectivity index (χ0v) is 10.5. The third kappa shape index (κ3) is 1.85. The highest BCUT2D eigenvalue weighted by Crippen LogP contribution is 2.27. The Bertz CT molecular complexity index is 545. The van der Waals surface area contributed by atoms with E-state index < -0.39 is 5.97 Å². The molecule has 0 saturated heterocycles. The number of carbonyl (C=O) groups is 1. The minimum Gasteiger partial charge on any atom is -0.481 e. The first kappa shape index (κ1) is 11.2. The molecule has 16 heavy (non-hydrogen) atoms. The first-order valence-electron chi connectivity index (χ1n) is 5.12. The Morgan fingerprint density at radius 2 is 2.25 bits per heavy atom. The Balaban J connectivity index is 2.67. The summed E-state index contributed by atoms with van der Waals surface area (Å²) in [5.41, 5.74) is 1.91. The van der Waals surface area contributed by atoms with Crippen molar-refractivity contribution in [1.29, 1.82) is 0 Å². The predicted octanol–water partition coefficient (Wildman–Crippen LogP) is 3.05. The van der Waals surface area contributed by atoms with Gasteiger partial charge in [0.05, 0.1) is 11.9 Å². The smallest absolute Gasteiger partial charge is 0.309 e. The Morgan fingerprint density at radius 1 is 1.50 bits per heavy atom. The number of hydrogen-bond acceptors (Lipinski definition) is 1. The molecule has 0 spiro atoms. The van der Waals surface area contributed by atoms with Gasteiger partial charge in [-0.3, -0.25) is 4.79 Å². The molecule has 0 fully saturated rings. The fourth-order valence-electron chi connectivity index (χ4n) is 2.00. The maximum atomic E-state index is 10.8. The minimum absolute atomic E-state index is 0.0644. The van der Waals surface area contributed by atoms with Gasteiger partial charge in [0, 0.05) is 22.1 Å². The minimum atomic E-state index is -0.798. The van der Waals surface area contributed by atoms with Crippen LogP contribution in [-0.2, 0) is 17.8 Å². The number of aryl methyl sites for hydroxylation is 1. The van der Waals surface area contributed by atoms with Gasteiger partial charge in [-0.25, -0.2) is 0 Å². The van der Waals surface area contributed by atoms with Crippen LogP contribution in [0.5, 0.6) is 0 Å². The normalized spacial score (nSPS) is 10.9. The molecule has 2 rings (SSSR count). The Hall–Kier alpha value is -1.29.